The highest BCUT2D eigenvalue weighted by Crippen LogP contribution is 2.21. The van der Waals surface area contributed by atoms with Crippen molar-refractivity contribution in [2.75, 3.05) is 13.2 Å². The lowest BCUT2D eigenvalue weighted by molar-refractivity contribution is 0.265. The van der Waals surface area contributed by atoms with Crippen LogP contribution in [0.25, 0.3) is 0 Å². The summed E-state index contributed by atoms with van der Waals surface area (Å²) >= 11 is 0. The number of furan rings is 1. The predicted octanol–water partition coefficient (Wildman–Crippen LogP) is 3.76. The van der Waals surface area contributed by atoms with Gasteiger partial charge in [0.1, 0.15) is 23.9 Å². The van der Waals surface area contributed by atoms with Gasteiger partial charge in [-0.25, -0.2) is 0 Å². The molecular weight excluding hydrogens is 266 g/mol. The van der Waals surface area contributed by atoms with Crippen LogP contribution in [-0.2, 0) is 13.2 Å². The molecule has 0 fully saturated rings. The van der Waals surface area contributed by atoms with E-state index in [0.717, 1.165) is 42.3 Å². The first kappa shape index (κ1) is 15.4. The number of benzene rings is 1. The lowest BCUT2D eigenvalue weighted by atomic mass is 10.2. The maximum absolute atomic E-state index is 5.78. The van der Waals surface area contributed by atoms with E-state index in [-0.39, 0.29) is 0 Å². The molecule has 0 aliphatic carbocycles. The third kappa shape index (κ3) is 4.83. The molecule has 1 N–H and O–H groups in total. The highest BCUT2D eigenvalue weighted by molar-refractivity contribution is 5.33. The minimum atomic E-state index is 0.422. The zero-order valence-corrected chi connectivity index (χ0v) is 12.7. The Morgan fingerprint density at radius 3 is 2.67 bits per heavy atom. The van der Waals surface area contributed by atoms with Gasteiger partial charge >= 0.3 is 0 Å². The Bertz CT molecular complexity index is 536. The summed E-state index contributed by atoms with van der Waals surface area (Å²) in [5.41, 5.74) is 1.14. The van der Waals surface area contributed by atoms with E-state index in [0.29, 0.717) is 13.2 Å². The van der Waals surface area contributed by atoms with Gasteiger partial charge in [-0.1, -0.05) is 13.0 Å². The number of ether oxygens (including phenoxy) is 2. The van der Waals surface area contributed by atoms with Crippen molar-refractivity contribution >= 4 is 0 Å². The summed E-state index contributed by atoms with van der Waals surface area (Å²) < 4.78 is 16.7. The smallest absolute Gasteiger partial charge is 0.146 e. The second kappa shape index (κ2) is 8.37. The van der Waals surface area contributed by atoms with Gasteiger partial charge in [-0.15, -0.1) is 0 Å². The molecule has 0 unspecified atom stereocenters. The minimum absolute atomic E-state index is 0.422. The van der Waals surface area contributed by atoms with Gasteiger partial charge in [-0.05, 0) is 38.1 Å². The molecule has 114 valence electrons. The van der Waals surface area contributed by atoms with E-state index in [1.807, 2.05) is 37.3 Å². The zero-order valence-electron chi connectivity index (χ0n) is 12.7. The van der Waals surface area contributed by atoms with Crippen LogP contribution in [0, 0.1) is 0 Å². The van der Waals surface area contributed by atoms with E-state index in [4.69, 9.17) is 13.9 Å². The molecule has 4 nitrogen and oxygen atoms in total. The second-order valence-electron chi connectivity index (χ2n) is 4.74. The molecule has 0 aliphatic rings. The van der Waals surface area contributed by atoms with Gasteiger partial charge < -0.3 is 19.2 Å². The van der Waals surface area contributed by atoms with Gasteiger partial charge in [0.05, 0.1) is 12.9 Å². The number of nitrogens with one attached hydrogen (secondary N) is 1. The quantitative estimate of drug-likeness (QED) is 0.714. The van der Waals surface area contributed by atoms with E-state index >= 15 is 0 Å². The molecule has 0 radical (unpaired) electrons. The average Bonchev–Trinajstić information content (AvgIpc) is 2.94. The summed E-state index contributed by atoms with van der Waals surface area (Å²) in [4.78, 5) is 0. The average molecular weight is 289 g/mol. The lowest BCUT2D eigenvalue weighted by Crippen LogP contribution is -2.14. The van der Waals surface area contributed by atoms with Crippen molar-refractivity contribution in [2.45, 2.75) is 33.4 Å². The summed E-state index contributed by atoms with van der Waals surface area (Å²) in [6.07, 6.45) is 2.83. The van der Waals surface area contributed by atoms with Crippen LogP contribution < -0.4 is 14.8 Å². The maximum Gasteiger partial charge on any atom is 0.146 e. The Balaban J connectivity index is 1.90. The van der Waals surface area contributed by atoms with Gasteiger partial charge in [0, 0.05) is 18.2 Å². The molecule has 0 aliphatic heterocycles. The molecule has 1 heterocycles. The van der Waals surface area contributed by atoms with Crippen molar-refractivity contribution in [1.29, 1.82) is 0 Å². The standard InChI is InChI=1S/C17H23NO3/c1-3-9-18-12-14-8-10-20-17(14)13-21-16-7-5-6-15(11-16)19-4-2/h5-8,10-11,18H,3-4,9,12-13H2,1-2H3. The van der Waals surface area contributed by atoms with E-state index < -0.39 is 0 Å². The molecule has 2 aromatic rings. The first-order valence-corrected chi connectivity index (χ1v) is 7.45. The predicted molar refractivity (Wildman–Crippen MR) is 82.6 cm³/mol. The molecule has 0 atom stereocenters. The third-order valence-electron chi connectivity index (χ3n) is 3.07. The van der Waals surface area contributed by atoms with Crippen molar-refractivity contribution < 1.29 is 13.9 Å². The van der Waals surface area contributed by atoms with Gasteiger partial charge in [0.2, 0.25) is 0 Å². The number of hydrogen-bond donors (Lipinski definition) is 1. The van der Waals surface area contributed by atoms with Crippen LogP contribution in [0.5, 0.6) is 11.5 Å². The third-order valence-corrected chi connectivity index (χ3v) is 3.07. The van der Waals surface area contributed by atoms with Crippen molar-refractivity contribution in [3.05, 3.63) is 47.9 Å². The Kier molecular flexibility index (Phi) is 6.16. The molecule has 21 heavy (non-hydrogen) atoms. The molecule has 2 rings (SSSR count). The van der Waals surface area contributed by atoms with E-state index in [1.165, 1.54) is 0 Å². The Morgan fingerprint density at radius 2 is 1.90 bits per heavy atom. The van der Waals surface area contributed by atoms with Gasteiger partial charge in [0.25, 0.3) is 0 Å². The van der Waals surface area contributed by atoms with Gasteiger partial charge in [-0.2, -0.15) is 0 Å². The summed E-state index contributed by atoms with van der Waals surface area (Å²) in [6, 6.07) is 9.63. The van der Waals surface area contributed by atoms with Gasteiger partial charge in [-0.3, -0.25) is 0 Å². The van der Waals surface area contributed by atoms with E-state index in [9.17, 15) is 0 Å². The molecule has 0 saturated heterocycles. The fourth-order valence-electron chi connectivity index (χ4n) is 2.02. The SMILES string of the molecule is CCCNCc1ccoc1COc1cccc(OCC)c1. The molecular formula is C17H23NO3. The summed E-state index contributed by atoms with van der Waals surface area (Å²) in [6.45, 7) is 6.99. The fraction of sp³-hybridized carbons (Fsp3) is 0.412. The normalized spacial score (nSPS) is 10.6. The monoisotopic (exact) mass is 289 g/mol. The summed E-state index contributed by atoms with van der Waals surface area (Å²) in [5, 5.41) is 3.37. The zero-order chi connectivity index (χ0) is 14.9. The van der Waals surface area contributed by atoms with Crippen LogP contribution in [0.4, 0.5) is 0 Å². The first-order chi connectivity index (χ1) is 10.3. The van der Waals surface area contributed by atoms with Crippen LogP contribution in [0.1, 0.15) is 31.6 Å². The Morgan fingerprint density at radius 1 is 1.10 bits per heavy atom. The van der Waals surface area contributed by atoms with Crippen molar-refractivity contribution in [1.82, 2.24) is 5.32 Å². The molecule has 0 spiro atoms. The summed E-state index contributed by atoms with van der Waals surface area (Å²) in [7, 11) is 0. The molecule has 1 aromatic carbocycles. The van der Waals surface area contributed by atoms with E-state index in [2.05, 4.69) is 12.2 Å². The topological polar surface area (TPSA) is 43.6 Å². The van der Waals surface area contributed by atoms with Crippen LogP contribution in [0.3, 0.4) is 0 Å². The van der Waals surface area contributed by atoms with E-state index in [1.54, 1.807) is 6.26 Å². The highest BCUT2D eigenvalue weighted by Gasteiger charge is 2.07. The first-order valence-electron chi connectivity index (χ1n) is 7.45. The van der Waals surface area contributed by atoms with Crippen molar-refractivity contribution in [3.8, 4) is 11.5 Å². The molecule has 0 saturated carbocycles. The molecule has 4 heteroatoms. The van der Waals surface area contributed by atoms with Crippen LogP contribution in [0.15, 0.2) is 41.0 Å². The van der Waals surface area contributed by atoms with Crippen molar-refractivity contribution in [2.24, 2.45) is 0 Å². The van der Waals surface area contributed by atoms with Crippen LogP contribution >= 0.6 is 0 Å². The Labute approximate surface area is 126 Å². The molecule has 0 bridgehead atoms. The number of hydrogen-bond acceptors (Lipinski definition) is 4. The largest absolute Gasteiger partial charge is 0.494 e. The molecule has 0 amide bonds. The van der Waals surface area contributed by atoms with Gasteiger partial charge in [0.15, 0.2) is 0 Å². The van der Waals surface area contributed by atoms with Crippen LogP contribution in [0.2, 0.25) is 0 Å². The molecule has 1 aromatic heterocycles. The second-order valence-corrected chi connectivity index (χ2v) is 4.74. The van der Waals surface area contributed by atoms with Crippen LogP contribution in [-0.4, -0.2) is 13.2 Å². The minimum Gasteiger partial charge on any atom is -0.494 e. The lowest BCUT2D eigenvalue weighted by Gasteiger charge is -2.09. The Hall–Kier alpha value is -1.94. The summed E-state index contributed by atoms with van der Waals surface area (Å²) in [5.74, 6) is 2.46. The maximum atomic E-state index is 5.78. The number of rotatable bonds is 9. The van der Waals surface area contributed by atoms with Crippen molar-refractivity contribution in [3.63, 3.8) is 0 Å². The highest BCUT2D eigenvalue weighted by atomic mass is 16.5. The fourth-order valence-corrected chi connectivity index (χ4v) is 2.02.